The molecule has 31 heavy (non-hydrogen) atoms. The van der Waals surface area contributed by atoms with E-state index < -0.39 is 0 Å². The van der Waals surface area contributed by atoms with Gasteiger partial charge in [0.1, 0.15) is 18.2 Å². The summed E-state index contributed by atoms with van der Waals surface area (Å²) in [7, 11) is 0. The van der Waals surface area contributed by atoms with Gasteiger partial charge in [0.25, 0.3) is 5.56 Å². The van der Waals surface area contributed by atoms with E-state index in [1.54, 1.807) is 12.1 Å². The zero-order chi connectivity index (χ0) is 21.8. The lowest BCUT2D eigenvalue weighted by Crippen LogP contribution is -2.31. The van der Waals surface area contributed by atoms with Gasteiger partial charge in [-0.2, -0.15) is 0 Å². The molecule has 0 spiro atoms. The van der Waals surface area contributed by atoms with Gasteiger partial charge in [-0.3, -0.25) is 9.59 Å². The van der Waals surface area contributed by atoms with Crippen LogP contribution in [0.2, 0.25) is 0 Å². The average molecular weight is 432 g/mol. The number of rotatable bonds is 6. The lowest BCUT2D eigenvalue weighted by atomic mass is 9.87. The van der Waals surface area contributed by atoms with Crippen molar-refractivity contribution in [1.82, 2.24) is 9.97 Å². The van der Waals surface area contributed by atoms with Crippen LogP contribution >= 0.6 is 11.8 Å². The molecule has 1 aliphatic rings. The molecule has 4 rings (SSSR count). The lowest BCUT2D eigenvalue weighted by Gasteiger charge is -2.24. The molecule has 7 heteroatoms. The molecule has 0 bridgehead atoms. The van der Waals surface area contributed by atoms with Crippen molar-refractivity contribution in [3.63, 3.8) is 0 Å². The molecule has 0 unspecified atom stereocenters. The summed E-state index contributed by atoms with van der Waals surface area (Å²) >= 11 is 1.43. The summed E-state index contributed by atoms with van der Waals surface area (Å²) in [4.78, 5) is 32.7. The number of aryl methyl sites for hydroxylation is 1. The van der Waals surface area contributed by atoms with Gasteiger partial charge in [0.05, 0.1) is 5.56 Å². The van der Waals surface area contributed by atoms with Crippen molar-refractivity contribution in [2.45, 2.75) is 30.2 Å². The van der Waals surface area contributed by atoms with Crippen molar-refractivity contribution < 1.29 is 9.53 Å². The van der Waals surface area contributed by atoms with Crippen molar-refractivity contribution in [2.75, 3.05) is 11.9 Å². The van der Waals surface area contributed by atoms with Crippen molar-refractivity contribution in [3.8, 4) is 18.1 Å². The summed E-state index contributed by atoms with van der Waals surface area (Å²) in [5.41, 5.74) is 3.39. The quantitative estimate of drug-likeness (QED) is 0.352. The fraction of sp³-hybridized carbons (Fsp3) is 0.208. The van der Waals surface area contributed by atoms with Crippen LogP contribution in [0.5, 0.6) is 5.75 Å². The largest absolute Gasteiger partial charge is 0.481 e. The molecule has 6 nitrogen and oxygen atoms in total. The second-order valence-electron chi connectivity index (χ2n) is 7.28. The number of carbonyl (C=O) groups is 1. The SMILES string of the molecule is C#CCOc1ccc([C@@H]2CC(=O)Nc3nc(SCc4cccc(C)c4)[nH]c(=O)c32)cc1. The first-order valence-electron chi connectivity index (χ1n) is 9.82. The Hall–Kier alpha value is -3.50. The van der Waals surface area contributed by atoms with E-state index in [4.69, 9.17) is 11.2 Å². The maximum atomic E-state index is 12.9. The Labute approximate surface area is 184 Å². The van der Waals surface area contributed by atoms with Gasteiger partial charge in [-0.05, 0) is 30.2 Å². The predicted octanol–water partition coefficient (Wildman–Crippen LogP) is 3.86. The molecule has 2 heterocycles. The number of nitrogens with zero attached hydrogens (tertiary/aromatic N) is 1. The third-order valence-electron chi connectivity index (χ3n) is 4.99. The number of aromatic amines is 1. The fourth-order valence-electron chi connectivity index (χ4n) is 3.58. The zero-order valence-electron chi connectivity index (χ0n) is 17.0. The topological polar surface area (TPSA) is 84.1 Å². The Morgan fingerprint density at radius 1 is 1.23 bits per heavy atom. The van der Waals surface area contributed by atoms with E-state index in [-0.39, 0.29) is 30.4 Å². The highest BCUT2D eigenvalue weighted by molar-refractivity contribution is 7.98. The first-order valence-corrected chi connectivity index (χ1v) is 10.8. The molecule has 3 aromatic rings. The van der Waals surface area contributed by atoms with E-state index in [0.717, 1.165) is 11.1 Å². The number of hydrogen-bond donors (Lipinski definition) is 2. The van der Waals surface area contributed by atoms with Gasteiger partial charge in [0, 0.05) is 18.1 Å². The van der Waals surface area contributed by atoms with Gasteiger partial charge in [-0.25, -0.2) is 4.98 Å². The number of anilines is 1. The predicted molar refractivity (Wildman–Crippen MR) is 121 cm³/mol. The van der Waals surface area contributed by atoms with Gasteiger partial charge in [-0.15, -0.1) is 6.42 Å². The first-order chi connectivity index (χ1) is 15.0. The van der Waals surface area contributed by atoms with E-state index in [2.05, 4.69) is 27.3 Å². The van der Waals surface area contributed by atoms with Crippen molar-refractivity contribution in [2.24, 2.45) is 0 Å². The highest BCUT2D eigenvalue weighted by Gasteiger charge is 2.31. The minimum Gasteiger partial charge on any atom is -0.481 e. The zero-order valence-corrected chi connectivity index (χ0v) is 17.8. The number of fused-ring (bicyclic) bond motifs is 1. The van der Waals surface area contributed by atoms with Crippen LogP contribution in [0.15, 0.2) is 58.5 Å². The van der Waals surface area contributed by atoms with Crippen LogP contribution in [0.25, 0.3) is 0 Å². The van der Waals surface area contributed by atoms with E-state index in [0.29, 0.717) is 28.0 Å². The third-order valence-corrected chi connectivity index (χ3v) is 5.94. The van der Waals surface area contributed by atoms with Crippen molar-refractivity contribution in [3.05, 3.63) is 81.1 Å². The van der Waals surface area contributed by atoms with Gasteiger partial charge in [-0.1, -0.05) is 59.6 Å². The number of ether oxygens (including phenoxy) is 1. The van der Waals surface area contributed by atoms with E-state index >= 15 is 0 Å². The Kier molecular flexibility index (Phi) is 6.10. The number of amides is 1. The maximum absolute atomic E-state index is 12.9. The van der Waals surface area contributed by atoms with Crippen LogP contribution in [0, 0.1) is 19.3 Å². The molecule has 1 amide bonds. The third kappa shape index (κ3) is 4.81. The molecule has 0 radical (unpaired) electrons. The second-order valence-corrected chi connectivity index (χ2v) is 8.24. The van der Waals surface area contributed by atoms with Crippen molar-refractivity contribution >= 4 is 23.5 Å². The lowest BCUT2D eigenvalue weighted by molar-refractivity contribution is -0.116. The number of nitrogens with one attached hydrogen (secondary N) is 2. The normalized spacial score (nSPS) is 15.0. The summed E-state index contributed by atoms with van der Waals surface area (Å²) in [5.74, 6) is 3.50. The van der Waals surface area contributed by atoms with Crippen LogP contribution in [0.1, 0.15) is 34.6 Å². The number of benzene rings is 2. The Balaban J connectivity index is 1.59. The number of carbonyl (C=O) groups excluding carboxylic acids is 1. The monoisotopic (exact) mass is 431 g/mol. The Morgan fingerprint density at radius 2 is 2.03 bits per heavy atom. The van der Waals surface area contributed by atoms with Crippen LogP contribution in [-0.4, -0.2) is 22.5 Å². The summed E-state index contributed by atoms with van der Waals surface area (Å²) in [6.45, 7) is 2.22. The van der Waals surface area contributed by atoms with E-state index in [1.165, 1.54) is 17.3 Å². The minimum absolute atomic E-state index is 0.169. The fourth-order valence-corrected chi connectivity index (χ4v) is 4.38. The van der Waals surface area contributed by atoms with E-state index in [1.807, 2.05) is 37.3 Å². The van der Waals surface area contributed by atoms with Crippen LogP contribution in [0.3, 0.4) is 0 Å². The molecular formula is C24H21N3O3S. The smallest absolute Gasteiger partial charge is 0.257 e. The number of hydrogen-bond acceptors (Lipinski definition) is 5. The molecular weight excluding hydrogens is 410 g/mol. The molecule has 0 fully saturated rings. The molecule has 2 aromatic carbocycles. The van der Waals surface area contributed by atoms with Gasteiger partial charge >= 0.3 is 0 Å². The van der Waals surface area contributed by atoms with Crippen LogP contribution in [0.4, 0.5) is 5.82 Å². The molecule has 156 valence electrons. The molecule has 0 saturated carbocycles. The Morgan fingerprint density at radius 3 is 2.77 bits per heavy atom. The number of aromatic nitrogens is 2. The Bertz CT molecular complexity index is 1210. The number of H-pyrrole nitrogens is 1. The van der Waals surface area contributed by atoms with Crippen molar-refractivity contribution in [1.29, 1.82) is 0 Å². The molecule has 0 aliphatic carbocycles. The molecule has 0 saturated heterocycles. The van der Waals surface area contributed by atoms with Gasteiger partial charge in [0.2, 0.25) is 5.91 Å². The number of thioether (sulfide) groups is 1. The molecule has 2 N–H and O–H groups in total. The summed E-state index contributed by atoms with van der Waals surface area (Å²) in [6.07, 6.45) is 5.39. The number of terminal acetylenes is 1. The van der Waals surface area contributed by atoms with Crippen LogP contribution < -0.4 is 15.6 Å². The average Bonchev–Trinajstić information content (AvgIpc) is 2.76. The maximum Gasteiger partial charge on any atom is 0.257 e. The molecule has 1 aromatic heterocycles. The molecule has 1 aliphatic heterocycles. The second kappa shape index (κ2) is 9.11. The van der Waals surface area contributed by atoms with Crippen LogP contribution in [-0.2, 0) is 10.5 Å². The highest BCUT2D eigenvalue weighted by Crippen LogP contribution is 2.35. The first kappa shape index (κ1) is 20.8. The summed E-state index contributed by atoms with van der Waals surface area (Å²) in [6, 6.07) is 15.4. The van der Waals surface area contributed by atoms with Gasteiger partial charge in [0.15, 0.2) is 5.16 Å². The standard InChI is InChI=1S/C24H21N3O3S/c1-3-11-30-18-9-7-17(8-10-18)19-13-20(28)25-22-21(19)23(29)27-24(26-22)31-14-16-6-4-5-15(2)12-16/h1,4-10,12,19H,11,13-14H2,2H3,(H2,25,26,27,28,29)/t19-/m0/s1. The van der Waals surface area contributed by atoms with Gasteiger partial charge < -0.3 is 15.0 Å². The van der Waals surface area contributed by atoms with E-state index in [9.17, 15) is 9.59 Å². The minimum atomic E-state index is -0.377. The summed E-state index contributed by atoms with van der Waals surface area (Å²) < 4.78 is 5.40. The highest BCUT2D eigenvalue weighted by atomic mass is 32.2. The summed E-state index contributed by atoms with van der Waals surface area (Å²) in [5, 5.41) is 3.23. The molecule has 1 atom stereocenters.